The summed E-state index contributed by atoms with van der Waals surface area (Å²) in [6.45, 7) is 0. The molecule has 0 aliphatic heterocycles. The quantitative estimate of drug-likeness (QED) is 0.501. The van der Waals surface area contributed by atoms with Crippen molar-refractivity contribution < 1.29 is 9.31 Å². The first-order valence-corrected chi connectivity index (χ1v) is 4.71. The summed E-state index contributed by atoms with van der Waals surface area (Å²) in [5, 5.41) is 12.9. The number of rotatable bonds is 4. The number of aromatic nitrogens is 1. The molecule has 0 amide bonds. The monoisotopic (exact) mass is 245 g/mol. The normalized spacial score (nSPS) is 13.3. The molecule has 0 fully saturated rings. The molecule has 1 rings (SSSR count). The molecule has 0 spiro atoms. The second-order valence-corrected chi connectivity index (χ2v) is 3.28. The van der Waals surface area contributed by atoms with Gasteiger partial charge in [0.05, 0.1) is 4.92 Å². The van der Waals surface area contributed by atoms with E-state index in [1.165, 1.54) is 25.4 Å². The van der Waals surface area contributed by atoms with Gasteiger partial charge in [0, 0.05) is 18.8 Å². The molecule has 16 heavy (non-hydrogen) atoms. The van der Waals surface area contributed by atoms with Crippen LogP contribution in [0.3, 0.4) is 0 Å². The molecule has 1 aromatic heterocycles. The predicted molar refractivity (Wildman–Crippen MR) is 57.2 cm³/mol. The highest BCUT2D eigenvalue weighted by Crippen LogP contribution is 2.23. The molecule has 0 saturated heterocycles. The van der Waals surface area contributed by atoms with Gasteiger partial charge in [0.2, 0.25) is 0 Å². The van der Waals surface area contributed by atoms with Gasteiger partial charge in [-0.05, 0) is 6.07 Å². The number of alkyl halides is 1. The number of allylic oxidation sites excluding steroid dienone is 1. The first kappa shape index (κ1) is 12.4. The van der Waals surface area contributed by atoms with Crippen LogP contribution < -0.4 is 5.32 Å². The molecule has 1 heterocycles. The third kappa shape index (κ3) is 3.16. The molecule has 0 aliphatic rings. The summed E-state index contributed by atoms with van der Waals surface area (Å²) < 4.78 is 13.8. The highest BCUT2D eigenvalue weighted by Gasteiger charge is 2.18. The number of halogens is 2. The molecule has 7 heteroatoms. The Balaban J connectivity index is 2.95. The van der Waals surface area contributed by atoms with Crippen molar-refractivity contribution in [3.05, 3.63) is 51.1 Å². The van der Waals surface area contributed by atoms with E-state index in [0.29, 0.717) is 6.20 Å². The Labute approximate surface area is 96.1 Å². The molecule has 0 aliphatic carbocycles. The molecule has 0 bridgehead atoms. The minimum Gasteiger partial charge on any atom is -0.384 e. The number of hydrogen-bond donors (Lipinski definition) is 1. The average molecular weight is 246 g/mol. The fourth-order valence-corrected chi connectivity index (χ4v) is 1.20. The summed E-state index contributed by atoms with van der Waals surface area (Å²) in [4.78, 5) is 13.2. The molecule has 1 aromatic rings. The van der Waals surface area contributed by atoms with E-state index in [0.717, 1.165) is 0 Å². The summed E-state index contributed by atoms with van der Waals surface area (Å²) in [5.74, 6) is 0. The van der Waals surface area contributed by atoms with Crippen molar-refractivity contribution in [1.82, 2.24) is 10.3 Å². The van der Waals surface area contributed by atoms with Crippen molar-refractivity contribution in [2.75, 3.05) is 7.05 Å². The standard InChI is InChI=1S/C9H9ClFN3O2/c1-12-7(5-14(15)16)9(11)6-2-3-8(10)13-4-6/h2-5,9,12H,1H3/b7-5-. The molecule has 86 valence electrons. The van der Waals surface area contributed by atoms with Crippen molar-refractivity contribution in [1.29, 1.82) is 0 Å². The van der Waals surface area contributed by atoms with Gasteiger partial charge in [-0.1, -0.05) is 17.7 Å². The largest absolute Gasteiger partial charge is 0.384 e. The van der Waals surface area contributed by atoms with Gasteiger partial charge in [0.25, 0.3) is 6.20 Å². The maximum atomic E-state index is 13.8. The van der Waals surface area contributed by atoms with Crippen molar-refractivity contribution in [2.24, 2.45) is 0 Å². The van der Waals surface area contributed by atoms with E-state index >= 15 is 0 Å². The maximum absolute atomic E-state index is 13.8. The van der Waals surface area contributed by atoms with E-state index in [1.807, 2.05) is 0 Å². The lowest BCUT2D eigenvalue weighted by molar-refractivity contribution is -0.404. The van der Waals surface area contributed by atoms with E-state index in [1.54, 1.807) is 0 Å². The number of likely N-dealkylation sites (N-methyl/N-ethyl adjacent to an activating group) is 1. The van der Waals surface area contributed by atoms with Gasteiger partial charge in [-0.2, -0.15) is 0 Å². The zero-order valence-electron chi connectivity index (χ0n) is 8.35. The van der Waals surface area contributed by atoms with Crippen LogP contribution in [0.4, 0.5) is 4.39 Å². The Kier molecular flexibility index (Phi) is 4.19. The van der Waals surface area contributed by atoms with Crippen LogP contribution in [0.25, 0.3) is 0 Å². The molecule has 1 unspecified atom stereocenters. The fraction of sp³-hybridized carbons (Fsp3) is 0.222. The summed E-state index contributed by atoms with van der Waals surface area (Å²) >= 11 is 5.54. The smallest absolute Gasteiger partial charge is 0.256 e. The third-order valence-corrected chi connectivity index (χ3v) is 2.07. The number of pyridine rings is 1. The Hall–Kier alpha value is -1.69. The van der Waals surface area contributed by atoms with Gasteiger partial charge in [-0.15, -0.1) is 0 Å². The van der Waals surface area contributed by atoms with Gasteiger partial charge in [-0.3, -0.25) is 10.1 Å². The maximum Gasteiger partial charge on any atom is 0.256 e. The summed E-state index contributed by atoms with van der Waals surface area (Å²) in [5.41, 5.74) is 0.0565. The van der Waals surface area contributed by atoms with Crippen molar-refractivity contribution in [3.63, 3.8) is 0 Å². The van der Waals surface area contributed by atoms with Crippen molar-refractivity contribution in [2.45, 2.75) is 6.17 Å². The minimum absolute atomic E-state index is 0.144. The second-order valence-electron chi connectivity index (χ2n) is 2.90. The first-order valence-electron chi connectivity index (χ1n) is 4.33. The van der Waals surface area contributed by atoms with Crippen LogP contribution in [0.2, 0.25) is 5.15 Å². The lowest BCUT2D eigenvalue weighted by atomic mass is 10.1. The SMILES string of the molecule is CN/C(=C\[N+](=O)[O-])C(F)c1ccc(Cl)nc1. The Morgan fingerprint density at radius 2 is 2.44 bits per heavy atom. The van der Waals surface area contributed by atoms with Gasteiger partial charge in [-0.25, -0.2) is 9.37 Å². The van der Waals surface area contributed by atoms with Crippen LogP contribution >= 0.6 is 11.6 Å². The molecule has 0 radical (unpaired) electrons. The first-order chi connectivity index (χ1) is 7.54. The number of nitro groups is 1. The van der Waals surface area contributed by atoms with E-state index in [2.05, 4.69) is 10.3 Å². The number of nitrogens with one attached hydrogen (secondary N) is 1. The molecule has 1 N–H and O–H groups in total. The van der Waals surface area contributed by atoms with Crippen molar-refractivity contribution in [3.8, 4) is 0 Å². The fourth-order valence-electron chi connectivity index (χ4n) is 1.09. The van der Waals surface area contributed by atoms with E-state index in [4.69, 9.17) is 11.6 Å². The van der Waals surface area contributed by atoms with E-state index < -0.39 is 11.1 Å². The predicted octanol–water partition coefficient (Wildman–Crippen LogP) is 2.08. The minimum atomic E-state index is -1.62. The molecule has 0 saturated carbocycles. The molecule has 0 aromatic carbocycles. The zero-order valence-corrected chi connectivity index (χ0v) is 9.11. The number of nitrogens with zero attached hydrogens (tertiary/aromatic N) is 2. The summed E-state index contributed by atoms with van der Waals surface area (Å²) in [7, 11) is 1.41. The molecule has 1 atom stereocenters. The molecular formula is C9H9ClFN3O2. The second kappa shape index (κ2) is 5.41. The van der Waals surface area contributed by atoms with Crippen LogP contribution in [0.15, 0.2) is 30.2 Å². The van der Waals surface area contributed by atoms with E-state index in [-0.39, 0.29) is 16.4 Å². The molecule has 5 nitrogen and oxygen atoms in total. The molecular weight excluding hydrogens is 237 g/mol. The van der Waals surface area contributed by atoms with Crippen LogP contribution in [0.1, 0.15) is 11.7 Å². The van der Waals surface area contributed by atoms with Crippen LogP contribution in [-0.4, -0.2) is 17.0 Å². The lowest BCUT2D eigenvalue weighted by Gasteiger charge is -2.09. The van der Waals surface area contributed by atoms with E-state index in [9.17, 15) is 14.5 Å². The van der Waals surface area contributed by atoms with Gasteiger partial charge >= 0.3 is 0 Å². The van der Waals surface area contributed by atoms with Gasteiger partial charge in [0.1, 0.15) is 10.9 Å². The van der Waals surface area contributed by atoms with Gasteiger partial charge in [0.15, 0.2) is 6.17 Å². The Bertz CT molecular complexity index is 408. The van der Waals surface area contributed by atoms with Crippen LogP contribution in [0.5, 0.6) is 0 Å². The average Bonchev–Trinajstić information content (AvgIpc) is 2.25. The highest BCUT2D eigenvalue weighted by molar-refractivity contribution is 6.29. The van der Waals surface area contributed by atoms with Crippen LogP contribution in [0, 0.1) is 10.1 Å². The topological polar surface area (TPSA) is 68.1 Å². The lowest BCUT2D eigenvalue weighted by Crippen LogP contribution is -2.13. The number of hydrogen-bond acceptors (Lipinski definition) is 4. The highest BCUT2D eigenvalue weighted by atomic mass is 35.5. The summed E-state index contributed by atoms with van der Waals surface area (Å²) in [6.07, 6.45) is 0.192. The Morgan fingerprint density at radius 3 is 2.88 bits per heavy atom. The summed E-state index contributed by atoms with van der Waals surface area (Å²) in [6, 6.07) is 2.84. The zero-order chi connectivity index (χ0) is 12.1. The van der Waals surface area contributed by atoms with Crippen molar-refractivity contribution >= 4 is 11.6 Å². The van der Waals surface area contributed by atoms with Crippen LogP contribution in [-0.2, 0) is 0 Å². The Morgan fingerprint density at radius 1 is 1.75 bits per heavy atom. The third-order valence-electron chi connectivity index (χ3n) is 1.85. The van der Waals surface area contributed by atoms with Gasteiger partial charge < -0.3 is 5.32 Å².